The first-order valence-electron chi connectivity index (χ1n) is 7.86. The number of rotatable bonds is 7. The third-order valence-electron chi connectivity index (χ3n) is 3.73. The summed E-state index contributed by atoms with van der Waals surface area (Å²) in [6.07, 6.45) is 4.96. The molecule has 0 saturated carbocycles. The average molecular weight is 285 g/mol. The van der Waals surface area contributed by atoms with Gasteiger partial charge in [-0.1, -0.05) is 52.0 Å². The van der Waals surface area contributed by atoms with E-state index in [1.54, 1.807) is 0 Å². The summed E-state index contributed by atoms with van der Waals surface area (Å²) in [7, 11) is 0. The van der Waals surface area contributed by atoms with Crippen molar-refractivity contribution in [2.45, 2.75) is 46.7 Å². The Hall–Kier alpha value is -1.61. The van der Waals surface area contributed by atoms with E-state index in [1.807, 2.05) is 12.4 Å². The van der Waals surface area contributed by atoms with Crippen molar-refractivity contribution in [2.75, 3.05) is 0 Å². The van der Waals surface area contributed by atoms with Crippen molar-refractivity contribution in [3.05, 3.63) is 53.3 Å². The smallest absolute Gasteiger partial charge is 0.0532 e. The summed E-state index contributed by atoms with van der Waals surface area (Å²) in [5, 5.41) is 10.5. The molecule has 1 aromatic carbocycles. The van der Waals surface area contributed by atoms with Gasteiger partial charge in [-0.05, 0) is 29.4 Å². The molecular weight excluding hydrogens is 258 g/mol. The lowest BCUT2D eigenvalue weighted by atomic mass is 9.93. The van der Waals surface area contributed by atoms with E-state index in [0.717, 1.165) is 13.0 Å². The van der Waals surface area contributed by atoms with Crippen LogP contribution in [0.15, 0.2) is 36.7 Å². The molecule has 2 aromatic rings. The highest BCUT2D eigenvalue weighted by Crippen LogP contribution is 2.23. The van der Waals surface area contributed by atoms with Crippen LogP contribution in [-0.2, 0) is 13.0 Å². The first-order valence-corrected chi connectivity index (χ1v) is 7.86. The lowest BCUT2D eigenvalue weighted by molar-refractivity contribution is 0.410. The van der Waals surface area contributed by atoms with Gasteiger partial charge < -0.3 is 5.32 Å². The minimum Gasteiger partial charge on any atom is -0.306 e. The summed E-state index contributed by atoms with van der Waals surface area (Å²) in [4.78, 5) is 0. The Morgan fingerprint density at radius 3 is 2.29 bits per heavy atom. The fourth-order valence-corrected chi connectivity index (χ4v) is 2.67. The van der Waals surface area contributed by atoms with Gasteiger partial charge >= 0.3 is 0 Å². The molecule has 0 fully saturated rings. The number of nitrogens with one attached hydrogen (secondary N) is 2. The molecule has 0 bridgehead atoms. The zero-order chi connectivity index (χ0) is 15.2. The van der Waals surface area contributed by atoms with Crippen molar-refractivity contribution in [3.63, 3.8) is 0 Å². The van der Waals surface area contributed by atoms with Gasteiger partial charge in [-0.15, -0.1) is 0 Å². The number of nitrogens with zero attached hydrogens (tertiary/aromatic N) is 1. The van der Waals surface area contributed by atoms with Crippen LogP contribution in [0, 0.1) is 11.8 Å². The van der Waals surface area contributed by atoms with E-state index in [4.69, 9.17) is 0 Å². The molecule has 1 heterocycles. The highest BCUT2D eigenvalue weighted by molar-refractivity contribution is 5.26. The predicted octanol–water partition coefficient (Wildman–Crippen LogP) is 4.10. The van der Waals surface area contributed by atoms with Crippen molar-refractivity contribution >= 4 is 0 Å². The summed E-state index contributed by atoms with van der Waals surface area (Å²) in [5.41, 5.74) is 3.98. The molecule has 0 aliphatic rings. The van der Waals surface area contributed by atoms with E-state index in [9.17, 15) is 0 Å². The van der Waals surface area contributed by atoms with Gasteiger partial charge in [-0.3, -0.25) is 5.10 Å². The monoisotopic (exact) mass is 285 g/mol. The molecule has 0 saturated heterocycles. The quantitative estimate of drug-likeness (QED) is 0.804. The number of aromatic amines is 1. The largest absolute Gasteiger partial charge is 0.306 e. The molecule has 0 radical (unpaired) electrons. The molecular formula is C18H27N3. The van der Waals surface area contributed by atoms with E-state index >= 15 is 0 Å². The van der Waals surface area contributed by atoms with Gasteiger partial charge in [0, 0.05) is 24.3 Å². The Bertz CT molecular complexity index is 512. The molecule has 1 aromatic heterocycles. The van der Waals surface area contributed by atoms with E-state index < -0.39 is 0 Å². The zero-order valence-electron chi connectivity index (χ0n) is 13.6. The van der Waals surface area contributed by atoms with E-state index in [1.165, 1.54) is 16.7 Å². The molecule has 2 N–H and O–H groups in total. The Labute approximate surface area is 128 Å². The molecule has 0 amide bonds. The van der Waals surface area contributed by atoms with Crippen molar-refractivity contribution in [1.82, 2.24) is 15.5 Å². The van der Waals surface area contributed by atoms with Gasteiger partial charge in [0.25, 0.3) is 0 Å². The highest BCUT2D eigenvalue weighted by Gasteiger charge is 2.15. The highest BCUT2D eigenvalue weighted by atomic mass is 15.1. The van der Waals surface area contributed by atoms with Crippen LogP contribution in [0.1, 0.15) is 50.4 Å². The fourth-order valence-electron chi connectivity index (χ4n) is 2.67. The molecule has 2 rings (SSSR count). The number of H-pyrrole nitrogens is 1. The van der Waals surface area contributed by atoms with Crippen LogP contribution in [0.4, 0.5) is 0 Å². The lowest BCUT2D eigenvalue weighted by Gasteiger charge is -2.23. The summed E-state index contributed by atoms with van der Waals surface area (Å²) >= 11 is 0. The molecule has 3 nitrogen and oxygen atoms in total. The van der Waals surface area contributed by atoms with Gasteiger partial charge in [0.1, 0.15) is 0 Å². The number of benzene rings is 1. The molecule has 0 unspecified atom stereocenters. The Morgan fingerprint density at radius 1 is 1.05 bits per heavy atom. The molecule has 21 heavy (non-hydrogen) atoms. The molecule has 3 heteroatoms. The van der Waals surface area contributed by atoms with Crippen molar-refractivity contribution in [3.8, 4) is 0 Å². The minimum absolute atomic E-state index is 0.369. The Balaban J connectivity index is 2.03. The van der Waals surface area contributed by atoms with Crippen LogP contribution in [0.2, 0.25) is 0 Å². The molecule has 0 aliphatic carbocycles. The van der Waals surface area contributed by atoms with Crippen LogP contribution in [0.25, 0.3) is 0 Å². The first-order chi connectivity index (χ1) is 10.1. The molecule has 0 aliphatic heterocycles. The van der Waals surface area contributed by atoms with Gasteiger partial charge in [-0.2, -0.15) is 5.10 Å². The second-order valence-electron chi connectivity index (χ2n) is 6.55. The van der Waals surface area contributed by atoms with E-state index in [2.05, 4.69) is 67.5 Å². The van der Waals surface area contributed by atoms with Crippen molar-refractivity contribution in [1.29, 1.82) is 0 Å². The zero-order valence-corrected chi connectivity index (χ0v) is 13.6. The number of aromatic nitrogens is 2. The topological polar surface area (TPSA) is 40.7 Å². The maximum absolute atomic E-state index is 3.99. The number of hydrogen-bond donors (Lipinski definition) is 2. The summed E-state index contributed by atoms with van der Waals surface area (Å²) in [6.45, 7) is 9.88. The van der Waals surface area contributed by atoms with Crippen LogP contribution in [-0.4, -0.2) is 10.2 Å². The third kappa shape index (κ3) is 4.71. The average Bonchev–Trinajstić information content (AvgIpc) is 2.93. The van der Waals surface area contributed by atoms with Crippen LogP contribution < -0.4 is 5.32 Å². The molecule has 114 valence electrons. The second kappa shape index (κ2) is 7.41. The van der Waals surface area contributed by atoms with Gasteiger partial charge in [0.15, 0.2) is 0 Å². The minimum atomic E-state index is 0.369. The van der Waals surface area contributed by atoms with Gasteiger partial charge in [-0.25, -0.2) is 0 Å². The van der Waals surface area contributed by atoms with Gasteiger partial charge in [0.2, 0.25) is 0 Å². The summed E-state index contributed by atoms with van der Waals surface area (Å²) < 4.78 is 0. The van der Waals surface area contributed by atoms with Crippen LogP contribution >= 0.6 is 0 Å². The number of hydrogen-bond acceptors (Lipinski definition) is 2. The van der Waals surface area contributed by atoms with E-state index in [0.29, 0.717) is 17.9 Å². The molecule has 1 atom stereocenters. The Morgan fingerprint density at radius 2 is 1.76 bits per heavy atom. The third-order valence-corrected chi connectivity index (χ3v) is 3.73. The first kappa shape index (κ1) is 15.8. The Kier molecular flexibility index (Phi) is 5.57. The standard InChI is InChI=1S/C18H27N3/c1-13(2)9-15-5-7-17(8-6-15)18(14(3)4)19-10-16-11-20-21-12-16/h5-8,11-14,18-19H,9-10H2,1-4H3,(H,20,21)/t18-/m0/s1. The molecule has 0 spiro atoms. The summed E-state index contributed by atoms with van der Waals surface area (Å²) in [6, 6.07) is 9.44. The summed E-state index contributed by atoms with van der Waals surface area (Å²) in [5.74, 6) is 1.25. The fraction of sp³-hybridized carbons (Fsp3) is 0.500. The maximum atomic E-state index is 3.99. The maximum Gasteiger partial charge on any atom is 0.0532 e. The van der Waals surface area contributed by atoms with Crippen LogP contribution in [0.3, 0.4) is 0 Å². The normalized spacial score (nSPS) is 13.0. The van der Waals surface area contributed by atoms with Gasteiger partial charge in [0.05, 0.1) is 6.20 Å². The van der Waals surface area contributed by atoms with Crippen LogP contribution in [0.5, 0.6) is 0 Å². The SMILES string of the molecule is CC(C)Cc1ccc([C@@H](NCc2cn[nH]c2)C(C)C)cc1. The lowest BCUT2D eigenvalue weighted by Crippen LogP contribution is -2.25. The second-order valence-corrected chi connectivity index (χ2v) is 6.55. The van der Waals surface area contributed by atoms with Crippen molar-refractivity contribution < 1.29 is 0 Å². The van der Waals surface area contributed by atoms with Crippen molar-refractivity contribution in [2.24, 2.45) is 11.8 Å². The predicted molar refractivity (Wildman–Crippen MR) is 88.0 cm³/mol. The van der Waals surface area contributed by atoms with E-state index in [-0.39, 0.29) is 0 Å².